The van der Waals surface area contributed by atoms with Crippen LogP contribution in [0, 0.1) is 11.3 Å². The number of nitrogens with one attached hydrogen (secondary N) is 1. The van der Waals surface area contributed by atoms with Gasteiger partial charge in [-0.05, 0) is 6.07 Å². The number of nitrogens with zero attached hydrogens (tertiary/aromatic N) is 4. The van der Waals surface area contributed by atoms with E-state index in [-0.39, 0.29) is 29.1 Å². The molecular formula is C15H13N5O3. The Balaban J connectivity index is 1.66. The Morgan fingerprint density at radius 1 is 1.39 bits per heavy atom. The SMILES string of the molecule is N#Cc1nccnc1OC1CCN(C(=O)c2ccc(=O)[nH]c2)C1. The number of H-pyrrole nitrogens is 1. The third kappa shape index (κ3) is 3.18. The lowest BCUT2D eigenvalue weighted by Gasteiger charge is -2.17. The first-order chi connectivity index (χ1) is 11.2. The van der Waals surface area contributed by atoms with Crippen molar-refractivity contribution >= 4 is 5.91 Å². The Labute approximate surface area is 131 Å². The summed E-state index contributed by atoms with van der Waals surface area (Å²) in [6.45, 7) is 0.921. The van der Waals surface area contributed by atoms with Crippen molar-refractivity contribution in [3.05, 3.63) is 52.3 Å². The molecule has 1 aliphatic rings. The lowest BCUT2D eigenvalue weighted by molar-refractivity contribution is 0.0770. The number of carbonyl (C=O) groups excluding carboxylic acids is 1. The topological polar surface area (TPSA) is 112 Å². The van der Waals surface area contributed by atoms with Crippen molar-refractivity contribution < 1.29 is 9.53 Å². The van der Waals surface area contributed by atoms with Crippen molar-refractivity contribution in [1.82, 2.24) is 19.9 Å². The number of pyridine rings is 1. The van der Waals surface area contributed by atoms with Crippen molar-refractivity contribution in [3.63, 3.8) is 0 Å². The molecule has 2 aromatic heterocycles. The van der Waals surface area contributed by atoms with Crippen LogP contribution in [0.5, 0.6) is 5.88 Å². The van der Waals surface area contributed by atoms with Crippen molar-refractivity contribution in [1.29, 1.82) is 5.26 Å². The summed E-state index contributed by atoms with van der Waals surface area (Å²) >= 11 is 0. The van der Waals surface area contributed by atoms with Crippen LogP contribution in [0.3, 0.4) is 0 Å². The number of hydrogen-bond donors (Lipinski definition) is 1. The fourth-order valence-electron chi connectivity index (χ4n) is 2.38. The number of rotatable bonds is 3. The van der Waals surface area contributed by atoms with Gasteiger partial charge in [-0.2, -0.15) is 5.26 Å². The number of carbonyl (C=O) groups is 1. The molecule has 2 aromatic rings. The first kappa shape index (κ1) is 14.7. The van der Waals surface area contributed by atoms with E-state index in [0.717, 1.165) is 0 Å². The van der Waals surface area contributed by atoms with Gasteiger partial charge >= 0.3 is 0 Å². The van der Waals surface area contributed by atoms with E-state index >= 15 is 0 Å². The quantitative estimate of drug-likeness (QED) is 0.874. The van der Waals surface area contributed by atoms with Gasteiger partial charge in [0.2, 0.25) is 11.3 Å². The predicted octanol–water partition coefficient (Wildman–Crippen LogP) is 0.330. The molecule has 0 aliphatic carbocycles. The summed E-state index contributed by atoms with van der Waals surface area (Å²) < 4.78 is 5.68. The van der Waals surface area contributed by atoms with Gasteiger partial charge in [-0.25, -0.2) is 9.97 Å². The van der Waals surface area contributed by atoms with E-state index in [0.29, 0.717) is 25.1 Å². The summed E-state index contributed by atoms with van der Waals surface area (Å²) in [4.78, 5) is 35.4. The summed E-state index contributed by atoms with van der Waals surface area (Å²) in [5.74, 6) is 0.00495. The number of ether oxygens (including phenoxy) is 1. The Morgan fingerprint density at radius 3 is 2.96 bits per heavy atom. The van der Waals surface area contributed by atoms with Crippen LogP contribution in [-0.2, 0) is 0 Å². The van der Waals surface area contributed by atoms with Gasteiger partial charge in [0.1, 0.15) is 12.2 Å². The molecule has 1 saturated heterocycles. The van der Waals surface area contributed by atoms with Crippen LogP contribution < -0.4 is 10.3 Å². The second-order valence-electron chi connectivity index (χ2n) is 5.04. The molecule has 3 rings (SSSR count). The van der Waals surface area contributed by atoms with Crippen LogP contribution in [0.15, 0.2) is 35.5 Å². The second kappa shape index (κ2) is 6.27. The lowest BCUT2D eigenvalue weighted by Crippen LogP contribution is -2.31. The van der Waals surface area contributed by atoms with Crippen LogP contribution in [-0.4, -0.2) is 45.0 Å². The Morgan fingerprint density at radius 2 is 2.22 bits per heavy atom. The summed E-state index contributed by atoms with van der Waals surface area (Å²) in [7, 11) is 0. The molecule has 0 saturated carbocycles. The molecule has 1 unspecified atom stereocenters. The number of likely N-dealkylation sites (tertiary alicyclic amines) is 1. The van der Waals surface area contributed by atoms with Gasteiger partial charge in [0.25, 0.3) is 11.8 Å². The second-order valence-corrected chi connectivity index (χ2v) is 5.04. The van der Waals surface area contributed by atoms with Gasteiger partial charge in [0, 0.05) is 37.6 Å². The predicted molar refractivity (Wildman–Crippen MR) is 78.7 cm³/mol. The number of aromatic nitrogens is 3. The largest absolute Gasteiger partial charge is 0.470 e. The highest BCUT2D eigenvalue weighted by Crippen LogP contribution is 2.19. The van der Waals surface area contributed by atoms with Gasteiger partial charge < -0.3 is 14.6 Å². The molecule has 23 heavy (non-hydrogen) atoms. The molecular weight excluding hydrogens is 298 g/mol. The molecule has 3 heterocycles. The molecule has 1 N–H and O–H groups in total. The maximum atomic E-state index is 12.3. The highest BCUT2D eigenvalue weighted by molar-refractivity contribution is 5.94. The van der Waals surface area contributed by atoms with Crippen molar-refractivity contribution in [2.75, 3.05) is 13.1 Å². The number of nitriles is 1. The van der Waals surface area contributed by atoms with Crippen LogP contribution >= 0.6 is 0 Å². The standard InChI is InChI=1S/C15H13N5O3/c16-7-12-14(18-5-4-17-12)23-11-3-6-20(9-11)15(22)10-1-2-13(21)19-8-10/h1-2,4-5,8,11H,3,6,9H2,(H,19,21). The average Bonchev–Trinajstić information content (AvgIpc) is 3.04. The van der Waals surface area contributed by atoms with Crippen LogP contribution in [0.4, 0.5) is 0 Å². The van der Waals surface area contributed by atoms with Gasteiger partial charge in [-0.3, -0.25) is 9.59 Å². The van der Waals surface area contributed by atoms with E-state index in [1.165, 1.54) is 30.7 Å². The third-order valence-corrected chi connectivity index (χ3v) is 3.51. The Kier molecular flexibility index (Phi) is 4.01. The lowest BCUT2D eigenvalue weighted by atomic mass is 10.2. The monoisotopic (exact) mass is 311 g/mol. The van der Waals surface area contributed by atoms with E-state index in [4.69, 9.17) is 10.00 Å². The molecule has 8 heteroatoms. The fourth-order valence-corrected chi connectivity index (χ4v) is 2.38. The first-order valence-corrected chi connectivity index (χ1v) is 7.03. The first-order valence-electron chi connectivity index (χ1n) is 7.03. The van der Waals surface area contributed by atoms with Gasteiger partial charge in [0.05, 0.1) is 12.1 Å². The zero-order valence-corrected chi connectivity index (χ0v) is 12.1. The minimum atomic E-state index is -0.254. The molecule has 0 bridgehead atoms. The normalized spacial score (nSPS) is 16.8. The van der Waals surface area contributed by atoms with E-state index in [9.17, 15) is 9.59 Å². The molecule has 1 amide bonds. The minimum absolute atomic E-state index is 0.123. The highest BCUT2D eigenvalue weighted by Gasteiger charge is 2.29. The zero-order valence-electron chi connectivity index (χ0n) is 12.1. The molecule has 1 fully saturated rings. The molecule has 0 spiro atoms. The molecule has 0 aromatic carbocycles. The number of hydrogen-bond acceptors (Lipinski definition) is 6. The average molecular weight is 311 g/mol. The van der Waals surface area contributed by atoms with Crippen molar-refractivity contribution in [2.45, 2.75) is 12.5 Å². The maximum Gasteiger partial charge on any atom is 0.255 e. The van der Waals surface area contributed by atoms with E-state index in [1.807, 2.05) is 6.07 Å². The van der Waals surface area contributed by atoms with E-state index < -0.39 is 0 Å². The van der Waals surface area contributed by atoms with Gasteiger partial charge in [-0.1, -0.05) is 0 Å². The van der Waals surface area contributed by atoms with E-state index in [2.05, 4.69) is 15.0 Å². The molecule has 1 aliphatic heterocycles. The highest BCUT2D eigenvalue weighted by atomic mass is 16.5. The van der Waals surface area contributed by atoms with Crippen LogP contribution in [0.1, 0.15) is 22.5 Å². The number of aromatic amines is 1. The molecule has 8 nitrogen and oxygen atoms in total. The fraction of sp³-hybridized carbons (Fsp3) is 0.267. The Bertz CT molecular complexity index is 806. The summed E-state index contributed by atoms with van der Waals surface area (Å²) in [6.07, 6.45) is 4.66. The van der Waals surface area contributed by atoms with Crippen molar-refractivity contribution in [3.8, 4) is 11.9 Å². The Hall–Kier alpha value is -3.21. The maximum absolute atomic E-state index is 12.3. The number of amides is 1. The van der Waals surface area contributed by atoms with E-state index in [1.54, 1.807) is 4.90 Å². The minimum Gasteiger partial charge on any atom is -0.470 e. The van der Waals surface area contributed by atoms with Gasteiger partial charge in [-0.15, -0.1) is 0 Å². The molecule has 116 valence electrons. The van der Waals surface area contributed by atoms with Crippen molar-refractivity contribution in [2.24, 2.45) is 0 Å². The van der Waals surface area contributed by atoms with Crippen LogP contribution in [0.2, 0.25) is 0 Å². The summed E-state index contributed by atoms with van der Waals surface area (Å²) in [5.41, 5.74) is 0.288. The third-order valence-electron chi connectivity index (χ3n) is 3.51. The summed E-state index contributed by atoms with van der Waals surface area (Å²) in [5, 5.41) is 8.98. The van der Waals surface area contributed by atoms with Crippen LogP contribution in [0.25, 0.3) is 0 Å². The molecule has 0 radical (unpaired) electrons. The van der Waals surface area contributed by atoms with Gasteiger partial charge in [0.15, 0.2) is 0 Å². The zero-order chi connectivity index (χ0) is 16.2. The molecule has 1 atom stereocenters. The summed E-state index contributed by atoms with van der Waals surface area (Å²) in [6, 6.07) is 4.73. The smallest absolute Gasteiger partial charge is 0.255 e.